The third-order valence-corrected chi connectivity index (χ3v) is 4.90. The minimum atomic E-state index is -1.70. The molecule has 29 heavy (non-hydrogen) atoms. The third-order valence-electron chi connectivity index (χ3n) is 4.90. The van der Waals surface area contributed by atoms with Crippen LogP contribution in [0.25, 0.3) is 0 Å². The minimum absolute atomic E-state index is 0.111. The van der Waals surface area contributed by atoms with Crippen LogP contribution < -0.4 is 0 Å². The number of azo groups is 1. The van der Waals surface area contributed by atoms with Crippen LogP contribution in [0, 0.1) is 5.92 Å². The number of benzene rings is 1. The lowest BCUT2D eigenvalue weighted by atomic mass is 9.83. The summed E-state index contributed by atoms with van der Waals surface area (Å²) in [6.45, 7) is 5.10. The Morgan fingerprint density at radius 3 is 2.55 bits per heavy atom. The smallest absolute Gasteiger partial charge is 0.418 e. The monoisotopic (exact) mass is 403 g/mol. The average molecular weight is 403 g/mol. The number of amides is 2. The van der Waals surface area contributed by atoms with Gasteiger partial charge in [0, 0.05) is 0 Å². The first-order valence-electron chi connectivity index (χ1n) is 9.34. The predicted octanol–water partition coefficient (Wildman–Crippen LogP) is 2.34. The number of rotatable bonds is 5. The zero-order valence-corrected chi connectivity index (χ0v) is 17.0. The summed E-state index contributed by atoms with van der Waals surface area (Å²) in [5.41, 5.74) is -1.67. The molecule has 0 radical (unpaired) electrons. The second-order valence-corrected chi connectivity index (χ2v) is 8.04. The molecule has 3 atom stereocenters. The summed E-state index contributed by atoms with van der Waals surface area (Å²) in [5.74, 6) is -2.07. The molecule has 2 heterocycles. The van der Waals surface area contributed by atoms with Gasteiger partial charge in [-0.25, -0.2) is 14.5 Å². The number of carbonyl (C=O) groups excluding carboxylic acids is 3. The Balaban J connectivity index is 1.94. The van der Waals surface area contributed by atoms with E-state index in [1.165, 1.54) is 7.11 Å². The van der Waals surface area contributed by atoms with Crippen molar-refractivity contribution < 1.29 is 28.6 Å². The second-order valence-electron chi connectivity index (χ2n) is 8.04. The minimum Gasteiger partial charge on any atom is -0.467 e. The maximum absolute atomic E-state index is 13.0. The first-order valence-corrected chi connectivity index (χ1v) is 9.34. The number of hydrogen-bond donors (Lipinski definition) is 0. The summed E-state index contributed by atoms with van der Waals surface area (Å²) in [7, 11) is 1.20. The Morgan fingerprint density at radius 2 is 1.93 bits per heavy atom. The van der Waals surface area contributed by atoms with E-state index in [1.807, 2.05) is 30.3 Å². The molecule has 9 heteroatoms. The van der Waals surface area contributed by atoms with Gasteiger partial charge >= 0.3 is 12.1 Å². The molecule has 0 bridgehead atoms. The summed E-state index contributed by atoms with van der Waals surface area (Å²) in [4.78, 5) is 39.7. The number of carbonyl (C=O) groups is 3. The first kappa shape index (κ1) is 20.9. The molecule has 2 amide bonds. The van der Waals surface area contributed by atoms with Crippen molar-refractivity contribution in [2.75, 3.05) is 20.3 Å². The Bertz CT molecular complexity index is 819. The van der Waals surface area contributed by atoms with Crippen LogP contribution in [0.4, 0.5) is 4.79 Å². The quantitative estimate of drug-likeness (QED) is 0.699. The van der Waals surface area contributed by atoms with E-state index in [4.69, 9.17) is 14.2 Å². The van der Waals surface area contributed by atoms with E-state index in [0.717, 1.165) is 10.5 Å². The molecule has 1 aromatic rings. The number of likely N-dealkylation sites (tertiary alicyclic amines) is 1. The van der Waals surface area contributed by atoms with Crippen molar-refractivity contribution in [3.63, 3.8) is 0 Å². The lowest BCUT2D eigenvalue weighted by molar-refractivity contribution is -0.163. The van der Waals surface area contributed by atoms with E-state index >= 15 is 0 Å². The summed E-state index contributed by atoms with van der Waals surface area (Å²) in [6, 6.07) is 8.42. The highest BCUT2D eigenvalue weighted by molar-refractivity contribution is 6.05. The van der Waals surface area contributed by atoms with Crippen LogP contribution in [-0.2, 0) is 30.4 Å². The molecule has 1 fully saturated rings. The maximum atomic E-state index is 13.0. The zero-order valence-electron chi connectivity index (χ0n) is 17.0. The van der Waals surface area contributed by atoms with Crippen LogP contribution in [0.2, 0.25) is 0 Å². The second kappa shape index (κ2) is 7.90. The molecule has 9 nitrogen and oxygen atoms in total. The van der Waals surface area contributed by atoms with Gasteiger partial charge in [0.2, 0.25) is 0 Å². The van der Waals surface area contributed by atoms with E-state index in [-0.39, 0.29) is 19.8 Å². The largest absolute Gasteiger partial charge is 0.467 e. The number of imide groups is 1. The fourth-order valence-corrected chi connectivity index (χ4v) is 3.64. The van der Waals surface area contributed by atoms with Gasteiger partial charge in [0.1, 0.15) is 5.60 Å². The highest BCUT2D eigenvalue weighted by Gasteiger charge is 2.68. The summed E-state index contributed by atoms with van der Waals surface area (Å²) in [6.07, 6.45) is -0.930. The van der Waals surface area contributed by atoms with Gasteiger partial charge in [-0.3, -0.25) is 4.79 Å². The van der Waals surface area contributed by atoms with Crippen molar-refractivity contribution >= 4 is 18.0 Å². The Hall–Kier alpha value is -2.81. The Morgan fingerprint density at radius 1 is 1.24 bits per heavy atom. The molecule has 2 aliphatic heterocycles. The lowest BCUT2D eigenvalue weighted by Crippen LogP contribution is -2.62. The number of nitrogens with zero attached hydrogens (tertiary/aromatic N) is 3. The number of esters is 1. The molecule has 2 aliphatic rings. The summed E-state index contributed by atoms with van der Waals surface area (Å²) in [5, 5.41) is 7.88. The molecule has 0 N–H and O–H groups in total. The molecule has 0 aliphatic carbocycles. The van der Waals surface area contributed by atoms with Gasteiger partial charge in [0.15, 0.2) is 11.6 Å². The summed E-state index contributed by atoms with van der Waals surface area (Å²) >= 11 is 0. The molecule has 0 unspecified atom stereocenters. The molecular formula is C20H25N3O6. The number of hydrogen-bond acceptors (Lipinski definition) is 8. The molecule has 3 rings (SSSR count). The zero-order chi connectivity index (χ0) is 21.2. The average Bonchev–Trinajstić information content (AvgIpc) is 3.23. The molecule has 1 saturated heterocycles. The van der Waals surface area contributed by atoms with E-state index in [9.17, 15) is 14.4 Å². The van der Waals surface area contributed by atoms with Crippen molar-refractivity contribution in [3.8, 4) is 0 Å². The van der Waals surface area contributed by atoms with Crippen LogP contribution >= 0.6 is 0 Å². The van der Waals surface area contributed by atoms with E-state index in [0.29, 0.717) is 0 Å². The Kier molecular flexibility index (Phi) is 5.70. The number of methoxy groups -OCH3 is 1. The number of ether oxygens (including phenoxy) is 3. The molecule has 0 saturated carbocycles. The number of fused-ring (bicyclic) bond motifs is 1. The summed E-state index contributed by atoms with van der Waals surface area (Å²) < 4.78 is 16.2. The van der Waals surface area contributed by atoms with Crippen LogP contribution in [0.15, 0.2) is 40.6 Å². The van der Waals surface area contributed by atoms with Gasteiger partial charge in [0.05, 0.1) is 32.8 Å². The molecule has 0 spiro atoms. The lowest BCUT2D eigenvalue weighted by Gasteiger charge is -2.37. The van der Waals surface area contributed by atoms with Crippen LogP contribution in [0.3, 0.4) is 0 Å². The predicted molar refractivity (Wildman–Crippen MR) is 101 cm³/mol. The Labute approximate surface area is 169 Å². The van der Waals surface area contributed by atoms with E-state index in [2.05, 4.69) is 10.2 Å². The van der Waals surface area contributed by atoms with Gasteiger partial charge in [-0.05, 0) is 26.3 Å². The molecule has 156 valence electrons. The third kappa shape index (κ3) is 3.87. The van der Waals surface area contributed by atoms with Crippen molar-refractivity contribution in [2.45, 2.75) is 44.6 Å². The van der Waals surface area contributed by atoms with Gasteiger partial charge in [-0.1, -0.05) is 30.3 Å². The fourth-order valence-electron chi connectivity index (χ4n) is 3.64. The van der Waals surface area contributed by atoms with Crippen LogP contribution in [-0.4, -0.2) is 60.3 Å². The van der Waals surface area contributed by atoms with E-state index < -0.39 is 41.1 Å². The van der Waals surface area contributed by atoms with Crippen molar-refractivity contribution in [1.29, 1.82) is 0 Å². The highest BCUT2D eigenvalue weighted by atomic mass is 16.6. The van der Waals surface area contributed by atoms with Crippen molar-refractivity contribution in [2.24, 2.45) is 16.1 Å². The maximum Gasteiger partial charge on any atom is 0.418 e. The molecule has 1 aromatic carbocycles. The van der Waals surface area contributed by atoms with Gasteiger partial charge < -0.3 is 14.2 Å². The van der Waals surface area contributed by atoms with Crippen molar-refractivity contribution in [3.05, 3.63) is 35.9 Å². The van der Waals surface area contributed by atoms with Gasteiger partial charge in [-0.2, -0.15) is 10.2 Å². The molecular weight excluding hydrogens is 378 g/mol. The van der Waals surface area contributed by atoms with Gasteiger partial charge in [-0.15, -0.1) is 0 Å². The van der Waals surface area contributed by atoms with Crippen molar-refractivity contribution in [1.82, 2.24) is 4.90 Å². The first-order chi connectivity index (χ1) is 13.7. The van der Waals surface area contributed by atoms with E-state index in [1.54, 1.807) is 20.8 Å². The molecule has 0 aromatic heterocycles. The normalized spacial score (nSPS) is 25.8. The van der Waals surface area contributed by atoms with Gasteiger partial charge in [0.25, 0.3) is 5.91 Å². The highest BCUT2D eigenvalue weighted by Crippen LogP contribution is 2.43. The van der Waals surface area contributed by atoms with Crippen LogP contribution in [0.5, 0.6) is 0 Å². The van der Waals surface area contributed by atoms with Crippen LogP contribution in [0.1, 0.15) is 26.3 Å². The fraction of sp³-hybridized carbons (Fsp3) is 0.550. The SMILES string of the molecule is COC(=O)[C@@]1(COCc2ccccc2)[C@H]2CN=N[C@H]2C(=O)N1C(=O)OC(C)(C)C. The topological polar surface area (TPSA) is 107 Å². The standard InChI is InChI=1S/C20H25N3O6/c1-19(2,3)29-18(26)23-16(24)15-14(10-21-22-15)20(23,17(25)27-4)12-28-11-13-8-6-5-7-9-13/h5-9,14-15H,10-12H2,1-4H3/t14-,15+,20+/m0/s1.